The minimum absolute atomic E-state index is 0.0111. The van der Waals surface area contributed by atoms with E-state index in [9.17, 15) is 4.79 Å². The van der Waals surface area contributed by atoms with Gasteiger partial charge in [0.15, 0.2) is 5.13 Å². The van der Waals surface area contributed by atoms with E-state index in [0.29, 0.717) is 5.13 Å². The first-order valence-corrected chi connectivity index (χ1v) is 12.1. The molecule has 0 radical (unpaired) electrons. The molecular formula is C23H23N5OS2. The monoisotopic (exact) mass is 449 g/mol. The molecule has 31 heavy (non-hydrogen) atoms. The van der Waals surface area contributed by atoms with E-state index in [-0.39, 0.29) is 11.8 Å². The predicted octanol–water partition coefficient (Wildman–Crippen LogP) is 5.29. The van der Waals surface area contributed by atoms with Gasteiger partial charge in [-0.25, -0.2) is 15.0 Å². The van der Waals surface area contributed by atoms with Gasteiger partial charge in [-0.05, 0) is 32.3 Å². The van der Waals surface area contributed by atoms with Crippen molar-refractivity contribution in [3.8, 4) is 11.3 Å². The van der Waals surface area contributed by atoms with Gasteiger partial charge in [-0.2, -0.15) is 0 Å². The Kier molecular flexibility index (Phi) is 5.41. The van der Waals surface area contributed by atoms with Crippen LogP contribution in [-0.4, -0.2) is 33.9 Å². The molecule has 1 fully saturated rings. The maximum atomic E-state index is 12.8. The molecule has 1 amide bonds. The van der Waals surface area contributed by atoms with Crippen molar-refractivity contribution >= 4 is 49.7 Å². The fraction of sp³-hybridized carbons (Fsp3) is 0.304. The summed E-state index contributed by atoms with van der Waals surface area (Å²) in [6.45, 7) is 5.89. The van der Waals surface area contributed by atoms with Crippen LogP contribution in [0.3, 0.4) is 0 Å². The number of rotatable bonds is 4. The summed E-state index contributed by atoms with van der Waals surface area (Å²) in [4.78, 5) is 31.1. The summed E-state index contributed by atoms with van der Waals surface area (Å²) < 4.78 is 0. The molecule has 0 bridgehead atoms. The summed E-state index contributed by atoms with van der Waals surface area (Å²) in [5.74, 6) is 1.05. The maximum Gasteiger partial charge on any atom is 0.229 e. The van der Waals surface area contributed by atoms with Crippen molar-refractivity contribution < 1.29 is 4.79 Å². The van der Waals surface area contributed by atoms with Gasteiger partial charge in [-0.15, -0.1) is 22.7 Å². The minimum atomic E-state index is -0.0111. The van der Waals surface area contributed by atoms with E-state index in [1.165, 1.54) is 21.8 Å². The van der Waals surface area contributed by atoms with Crippen LogP contribution in [-0.2, 0) is 4.79 Å². The Bertz CT molecular complexity index is 1230. The molecule has 1 saturated heterocycles. The number of aromatic nitrogens is 3. The Morgan fingerprint density at radius 2 is 1.90 bits per heavy atom. The second-order valence-electron chi connectivity index (χ2n) is 7.82. The number of fused-ring (bicyclic) bond motifs is 1. The van der Waals surface area contributed by atoms with Crippen LogP contribution in [0.1, 0.15) is 23.3 Å². The van der Waals surface area contributed by atoms with E-state index in [1.54, 1.807) is 17.7 Å². The molecular weight excluding hydrogens is 426 g/mol. The van der Waals surface area contributed by atoms with Gasteiger partial charge in [-0.1, -0.05) is 30.3 Å². The number of nitrogens with one attached hydrogen (secondary N) is 1. The van der Waals surface area contributed by atoms with Crippen LogP contribution in [0.15, 0.2) is 42.0 Å². The van der Waals surface area contributed by atoms with Gasteiger partial charge < -0.3 is 10.2 Å². The van der Waals surface area contributed by atoms with Crippen molar-refractivity contribution in [2.75, 3.05) is 23.3 Å². The summed E-state index contributed by atoms with van der Waals surface area (Å²) in [7, 11) is 0. The molecule has 1 aromatic carbocycles. The van der Waals surface area contributed by atoms with Crippen LogP contribution >= 0.6 is 22.7 Å². The van der Waals surface area contributed by atoms with Crippen LogP contribution in [0, 0.1) is 19.8 Å². The first-order chi connectivity index (χ1) is 15.1. The minimum Gasteiger partial charge on any atom is -0.356 e. The van der Waals surface area contributed by atoms with E-state index >= 15 is 0 Å². The Morgan fingerprint density at radius 3 is 2.68 bits per heavy atom. The molecule has 0 atom stereocenters. The first kappa shape index (κ1) is 20.1. The van der Waals surface area contributed by atoms with Gasteiger partial charge in [0.25, 0.3) is 0 Å². The van der Waals surface area contributed by atoms with Crippen LogP contribution < -0.4 is 10.2 Å². The van der Waals surface area contributed by atoms with Gasteiger partial charge in [0, 0.05) is 34.8 Å². The summed E-state index contributed by atoms with van der Waals surface area (Å²) in [6, 6.07) is 10.0. The molecule has 0 aliphatic carbocycles. The van der Waals surface area contributed by atoms with Gasteiger partial charge >= 0.3 is 0 Å². The Balaban J connectivity index is 1.24. The highest BCUT2D eigenvalue weighted by atomic mass is 32.1. The molecule has 1 aliphatic rings. The van der Waals surface area contributed by atoms with Crippen LogP contribution in [0.25, 0.3) is 21.5 Å². The van der Waals surface area contributed by atoms with Crippen LogP contribution in [0.4, 0.5) is 10.9 Å². The topological polar surface area (TPSA) is 71.0 Å². The van der Waals surface area contributed by atoms with Crippen molar-refractivity contribution in [3.63, 3.8) is 0 Å². The lowest BCUT2D eigenvalue weighted by Gasteiger charge is -2.32. The molecule has 4 heterocycles. The zero-order valence-corrected chi connectivity index (χ0v) is 19.1. The third-order valence-corrected chi connectivity index (χ3v) is 7.79. The first-order valence-electron chi connectivity index (χ1n) is 10.4. The number of nitrogens with zero attached hydrogens (tertiary/aromatic N) is 4. The fourth-order valence-corrected chi connectivity index (χ4v) is 5.75. The molecule has 4 aromatic rings. The Labute approximate surface area is 189 Å². The van der Waals surface area contributed by atoms with E-state index < -0.39 is 0 Å². The highest BCUT2D eigenvalue weighted by Gasteiger charge is 2.28. The van der Waals surface area contributed by atoms with E-state index in [1.807, 2.05) is 35.7 Å². The smallest absolute Gasteiger partial charge is 0.229 e. The van der Waals surface area contributed by atoms with Gasteiger partial charge in [0.05, 0.1) is 11.1 Å². The van der Waals surface area contributed by atoms with E-state index in [0.717, 1.165) is 53.2 Å². The molecule has 0 spiro atoms. The summed E-state index contributed by atoms with van der Waals surface area (Å²) in [5.41, 5.74) is 3.21. The van der Waals surface area contributed by atoms with Crippen molar-refractivity contribution in [1.29, 1.82) is 0 Å². The summed E-state index contributed by atoms with van der Waals surface area (Å²) >= 11 is 3.19. The van der Waals surface area contributed by atoms with Crippen LogP contribution in [0.2, 0.25) is 0 Å². The molecule has 3 aromatic heterocycles. The molecule has 6 nitrogen and oxygen atoms in total. The normalized spacial score (nSPS) is 14.8. The standard InChI is InChI=1S/C23H23N5OS2/c1-14-15(2)31-22-19(14)20(24-13-25-22)28-10-8-17(9-11-28)21(29)27-23-26-18(12-30-23)16-6-4-3-5-7-16/h3-7,12-13,17H,8-11H2,1-2H3,(H,26,27,29). The number of thiazole rings is 1. The number of carbonyl (C=O) groups is 1. The van der Waals surface area contributed by atoms with Crippen LogP contribution in [0.5, 0.6) is 0 Å². The Morgan fingerprint density at radius 1 is 1.13 bits per heavy atom. The second-order valence-corrected chi connectivity index (χ2v) is 9.88. The molecule has 1 N–H and O–H groups in total. The number of aryl methyl sites for hydroxylation is 2. The molecule has 8 heteroatoms. The predicted molar refractivity (Wildman–Crippen MR) is 128 cm³/mol. The third-order valence-electron chi connectivity index (χ3n) is 5.91. The van der Waals surface area contributed by atoms with E-state index in [2.05, 4.69) is 39.0 Å². The maximum absolute atomic E-state index is 12.8. The summed E-state index contributed by atoms with van der Waals surface area (Å²) in [6.07, 6.45) is 3.26. The molecule has 158 valence electrons. The Hall–Kier alpha value is -2.84. The molecule has 0 unspecified atom stereocenters. The number of benzene rings is 1. The number of thiophene rings is 1. The van der Waals surface area contributed by atoms with Crippen molar-refractivity contribution in [2.45, 2.75) is 26.7 Å². The van der Waals surface area contributed by atoms with Gasteiger partial charge in [-0.3, -0.25) is 4.79 Å². The lowest BCUT2D eigenvalue weighted by molar-refractivity contribution is -0.120. The number of hydrogen-bond acceptors (Lipinski definition) is 7. The fourth-order valence-electron chi connectivity index (χ4n) is 4.04. The lowest BCUT2D eigenvalue weighted by atomic mass is 9.96. The van der Waals surface area contributed by atoms with E-state index in [4.69, 9.17) is 0 Å². The summed E-state index contributed by atoms with van der Waals surface area (Å²) in [5, 5.41) is 6.83. The second kappa shape index (κ2) is 8.36. The highest BCUT2D eigenvalue weighted by molar-refractivity contribution is 7.18. The molecule has 0 saturated carbocycles. The molecule has 5 rings (SSSR count). The lowest BCUT2D eigenvalue weighted by Crippen LogP contribution is -2.38. The average molecular weight is 450 g/mol. The SMILES string of the molecule is Cc1sc2ncnc(N3CCC(C(=O)Nc4nc(-c5ccccc5)cs4)CC3)c2c1C. The van der Waals surface area contributed by atoms with Gasteiger partial charge in [0.1, 0.15) is 17.0 Å². The third kappa shape index (κ3) is 3.93. The number of hydrogen-bond donors (Lipinski definition) is 1. The number of anilines is 2. The number of piperidine rings is 1. The number of amides is 1. The zero-order chi connectivity index (χ0) is 21.4. The average Bonchev–Trinajstić information content (AvgIpc) is 3.38. The quantitative estimate of drug-likeness (QED) is 0.459. The van der Waals surface area contributed by atoms with Gasteiger partial charge in [0.2, 0.25) is 5.91 Å². The molecule has 1 aliphatic heterocycles. The highest BCUT2D eigenvalue weighted by Crippen LogP contribution is 2.36. The van der Waals surface area contributed by atoms with Crippen molar-refractivity contribution in [1.82, 2.24) is 15.0 Å². The van der Waals surface area contributed by atoms with Crippen molar-refractivity contribution in [3.05, 3.63) is 52.5 Å². The number of carbonyl (C=O) groups excluding carboxylic acids is 1. The van der Waals surface area contributed by atoms with Crippen molar-refractivity contribution in [2.24, 2.45) is 5.92 Å². The largest absolute Gasteiger partial charge is 0.356 e. The zero-order valence-electron chi connectivity index (χ0n) is 17.5.